The van der Waals surface area contributed by atoms with Crippen LogP contribution in [0, 0.1) is 11.8 Å². The van der Waals surface area contributed by atoms with E-state index in [1.807, 2.05) is 48.5 Å². The second-order valence-corrected chi connectivity index (χ2v) is 9.58. The molecule has 2 heterocycles. The van der Waals surface area contributed by atoms with Crippen molar-refractivity contribution in [1.29, 1.82) is 0 Å². The van der Waals surface area contributed by atoms with Gasteiger partial charge in [-0.3, -0.25) is 14.5 Å². The van der Waals surface area contributed by atoms with Crippen LogP contribution in [0.15, 0.2) is 48.5 Å². The molecule has 3 atom stereocenters. The Labute approximate surface area is 178 Å². The lowest BCUT2D eigenvalue weighted by Gasteiger charge is -2.54. The molecule has 2 fully saturated rings. The van der Waals surface area contributed by atoms with Crippen molar-refractivity contribution in [3.8, 4) is 0 Å². The van der Waals surface area contributed by atoms with Gasteiger partial charge in [-0.15, -0.1) is 23.2 Å². The number of nitrogens with zero attached hydrogens (tertiary/aromatic N) is 1. The summed E-state index contributed by atoms with van der Waals surface area (Å²) in [6.45, 7) is 0.945. The van der Waals surface area contributed by atoms with E-state index in [-0.39, 0.29) is 24.5 Å². The maximum Gasteiger partial charge on any atom is 0.235 e. The van der Waals surface area contributed by atoms with E-state index in [4.69, 9.17) is 27.9 Å². The Balaban J connectivity index is 1.58. The number of amides is 2. The minimum absolute atomic E-state index is 0.108. The topological polar surface area (TPSA) is 46.6 Å². The van der Waals surface area contributed by atoms with Crippen LogP contribution < -0.4 is 0 Å². The maximum absolute atomic E-state index is 13.6. The number of alkyl halides is 2. The summed E-state index contributed by atoms with van der Waals surface area (Å²) in [5.74, 6) is -1.92. The van der Waals surface area contributed by atoms with Crippen molar-refractivity contribution in [2.24, 2.45) is 11.8 Å². The van der Waals surface area contributed by atoms with Gasteiger partial charge < -0.3 is 4.74 Å². The summed E-state index contributed by atoms with van der Waals surface area (Å²) in [6.07, 6.45) is 1.69. The molecule has 7 rings (SSSR count). The van der Waals surface area contributed by atoms with Crippen LogP contribution in [0.4, 0.5) is 0 Å². The maximum atomic E-state index is 13.6. The lowest BCUT2D eigenvalue weighted by Crippen LogP contribution is -2.57. The van der Waals surface area contributed by atoms with E-state index < -0.39 is 21.6 Å². The number of carbonyl (C=O) groups is 2. The molecule has 0 radical (unpaired) electrons. The number of halogens is 2. The lowest BCUT2D eigenvalue weighted by molar-refractivity contribution is -0.141. The van der Waals surface area contributed by atoms with Gasteiger partial charge in [-0.2, -0.15) is 0 Å². The van der Waals surface area contributed by atoms with Crippen LogP contribution in [-0.2, 0) is 24.1 Å². The molecule has 4 nitrogen and oxygen atoms in total. The molecule has 2 amide bonds. The van der Waals surface area contributed by atoms with E-state index in [0.717, 1.165) is 35.1 Å². The van der Waals surface area contributed by atoms with Crippen LogP contribution in [0.3, 0.4) is 0 Å². The Hall–Kier alpha value is -1.88. The van der Waals surface area contributed by atoms with Crippen LogP contribution in [0.1, 0.15) is 35.1 Å². The zero-order chi connectivity index (χ0) is 20.0. The largest absolute Gasteiger partial charge is 0.376 e. The van der Waals surface area contributed by atoms with Gasteiger partial charge >= 0.3 is 0 Å². The zero-order valence-electron chi connectivity index (χ0n) is 15.6. The van der Waals surface area contributed by atoms with Crippen LogP contribution in [0.2, 0.25) is 0 Å². The van der Waals surface area contributed by atoms with Crippen LogP contribution in [-0.4, -0.2) is 36.0 Å². The molecule has 0 aromatic heterocycles. The fourth-order valence-electron chi connectivity index (χ4n) is 5.90. The van der Waals surface area contributed by atoms with E-state index in [1.54, 1.807) is 0 Å². The van der Waals surface area contributed by atoms with Crippen LogP contribution in [0.25, 0.3) is 0 Å². The fourth-order valence-corrected chi connectivity index (χ4v) is 6.99. The van der Waals surface area contributed by atoms with Crippen LogP contribution >= 0.6 is 23.2 Å². The van der Waals surface area contributed by atoms with Crippen molar-refractivity contribution in [3.63, 3.8) is 0 Å². The molecule has 0 saturated carbocycles. The minimum atomic E-state index is -1.10. The van der Waals surface area contributed by atoms with Crippen LogP contribution in [0.5, 0.6) is 0 Å². The van der Waals surface area contributed by atoms with Crippen molar-refractivity contribution in [3.05, 3.63) is 70.8 Å². The molecule has 148 valence electrons. The van der Waals surface area contributed by atoms with Gasteiger partial charge in [-0.25, -0.2) is 0 Å². The van der Waals surface area contributed by atoms with Crippen molar-refractivity contribution < 1.29 is 14.3 Å². The Morgan fingerprint density at radius 3 is 1.69 bits per heavy atom. The molecule has 0 N–H and O–H groups in total. The third-order valence-corrected chi connectivity index (χ3v) is 8.37. The van der Waals surface area contributed by atoms with Gasteiger partial charge in [0.15, 0.2) is 0 Å². The number of rotatable bonds is 2. The molecule has 0 spiro atoms. The number of likely N-dealkylation sites (tertiary alicyclic amines) is 1. The number of benzene rings is 2. The molecule has 29 heavy (non-hydrogen) atoms. The zero-order valence-corrected chi connectivity index (χ0v) is 17.1. The molecule has 2 aromatic carbocycles. The van der Waals surface area contributed by atoms with Crippen molar-refractivity contribution in [1.82, 2.24) is 4.90 Å². The molecule has 5 aliphatic rings. The van der Waals surface area contributed by atoms with Gasteiger partial charge in [0.25, 0.3) is 0 Å². The Morgan fingerprint density at radius 2 is 1.31 bits per heavy atom. The highest BCUT2D eigenvalue weighted by Crippen LogP contribution is 2.69. The van der Waals surface area contributed by atoms with Gasteiger partial charge in [0.2, 0.25) is 11.8 Å². The summed E-state index contributed by atoms with van der Waals surface area (Å²) in [4.78, 5) is 26.4. The Morgan fingerprint density at radius 1 is 0.862 bits per heavy atom. The number of carbonyl (C=O) groups excluding carboxylic acids is 2. The van der Waals surface area contributed by atoms with Gasteiger partial charge in [0.1, 0.15) is 9.75 Å². The fraction of sp³-hybridized carbons (Fsp3) is 0.391. The van der Waals surface area contributed by atoms with E-state index in [9.17, 15) is 9.59 Å². The minimum Gasteiger partial charge on any atom is -0.376 e. The Bertz CT molecular complexity index is 940. The standard InChI is InChI=1S/C23H19Cl2NO3/c24-22-14-7-1-2-8-15(14)23(25,17-10-4-3-9-16(17)22)19-18(22)20(27)26(21(19)28)12-13-6-5-11-29-13/h1-4,7-10,13,18-19H,5-6,11-12H2/t13-,18-,19+,22?,23?/m1/s1. The van der Waals surface area contributed by atoms with E-state index in [1.165, 1.54) is 4.90 Å². The molecular formula is C23H19Cl2NO3. The molecule has 6 heteroatoms. The van der Waals surface area contributed by atoms with Crippen molar-refractivity contribution in [2.75, 3.05) is 13.2 Å². The first-order valence-corrected chi connectivity index (χ1v) is 10.8. The SMILES string of the molecule is O=C1[C@@H]2[C@H](C(=O)N1C[C@H]1CCCO1)C1(Cl)c3ccccc3C2(Cl)c2ccccc21. The smallest absolute Gasteiger partial charge is 0.235 e. The molecule has 0 unspecified atom stereocenters. The first-order valence-electron chi connectivity index (χ1n) is 10.0. The summed E-state index contributed by atoms with van der Waals surface area (Å²) in [5, 5.41) is 0. The number of ether oxygens (including phenoxy) is 1. The summed E-state index contributed by atoms with van der Waals surface area (Å²) in [6, 6.07) is 15.4. The average molecular weight is 428 g/mol. The number of imide groups is 1. The van der Waals surface area contributed by atoms with Crippen molar-refractivity contribution in [2.45, 2.75) is 28.7 Å². The second-order valence-electron chi connectivity index (χ2n) is 8.39. The normalized spacial score (nSPS) is 36.9. The summed E-state index contributed by atoms with van der Waals surface area (Å²) in [5.41, 5.74) is 3.32. The molecule has 2 bridgehead atoms. The van der Waals surface area contributed by atoms with Gasteiger partial charge in [-0.05, 0) is 35.1 Å². The van der Waals surface area contributed by atoms with Crippen molar-refractivity contribution >= 4 is 35.0 Å². The monoisotopic (exact) mass is 427 g/mol. The highest BCUT2D eigenvalue weighted by molar-refractivity contribution is 6.36. The van der Waals surface area contributed by atoms with Gasteiger partial charge in [0.05, 0.1) is 24.5 Å². The molecular weight excluding hydrogens is 409 g/mol. The predicted octanol–water partition coefficient (Wildman–Crippen LogP) is 3.76. The second kappa shape index (κ2) is 5.84. The molecule has 3 aliphatic carbocycles. The van der Waals surface area contributed by atoms with E-state index in [2.05, 4.69) is 0 Å². The molecule has 2 aromatic rings. The summed E-state index contributed by atoms with van der Waals surface area (Å²) >= 11 is 14.7. The third-order valence-electron chi connectivity index (χ3n) is 7.09. The third kappa shape index (κ3) is 2.00. The molecule has 2 saturated heterocycles. The average Bonchev–Trinajstić information content (AvgIpc) is 3.34. The first kappa shape index (κ1) is 17.9. The lowest BCUT2D eigenvalue weighted by atomic mass is 9.54. The van der Waals surface area contributed by atoms with Gasteiger partial charge in [-0.1, -0.05) is 48.5 Å². The summed E-state index contributed by atoms with van der Waals surface area (Å²) in [7, 11) is 0. The quantitative estimate of drug-likeness (QED) is 0.541. The summed E-state index contributed by atoms with van der Waals surface area (Å²) < 4.78 is 5.70. The highest BCUT2D eigenvalue weighted by Gasteiger charge is 2.73. The Kier molecular flexibility index (Phi) is 3.61. The highest BCUT2D eigenvalue weighted by atomic mass is 35.5. The van der Waals surface area contributed by atoms with Gasteiger partial charge in [0, 0.05) is 6.61 Å². The number of hydrogen-bond acceptors (Lipinski definition) is 3. The number of hydrogen-bond donors (Lipinski definition) is 0. The predicted molar refractivity (Wildman–Crippen MR) is 109 cm³/mol. The van der Waals surface area contributed by atoms with E-state index in [0.29, 0.717) is 6.61 Å². The van der Waals surface area contributed by atoms with E-state index >= 15 is 0 Å². The first-order chi connectivity index (χ1) is 14.0. The molecule has 2 aliphatic heterocycles.